The summed E-state index contributed by atoms with van der Waals surface area (Å²) in [5.41, 5.74) is 10.9. The molecule has 2 radical (unpaired) electrons. The van der Waals surface area contributed by atoms with E-state index in [0.717, 1.165) is 9.52 Å². The summed E-state index contributed by atoms with van der Waals surface area (Å²) < 4.78 is 0. The molecule has 6 rings (SSSR count). The van der Waals surface area contributed by atoms with E-state index in [0.29, 0.717) is 0 Å². The first-order chi connectivity index (χ1) is 22.4. The molecule has 0 N–H and O–H groups in total. The molecule has 0 heterocycles. The molecular formula is C42H48Cl2SiZr. The summed E-state index contributed by atoms with van der Waals surface area (Å²) in [6.45, 7) is 13.1. The molecule has 46 heavy (non-hydrogen) atoms. The molecule has 0 fully saturated rings. The Kier molecular flexibility index (Phi) is 17.4. The van der Waals surface area contributed by atoms with Crippen molar-refractivity contribution >= 4 is 48.1 Å². The summed E-state index contributed by atoms with van der Waals surface area (Å²) in [7, 11) is 11.0. The molecule has 0 saturated heterocycles. The zero-order valence-corrected chi connectivity index (χ0v) is 33.4. The second-order valence-corrected chi connectivity index (χ2v) is 16.6. The van der Waals surface area contributed by atoms with E-state index < -0.39 is 20.8 Å². The Hall–Kier alpha value is -2.22. The number of fused-ring (bicyclic) bond motifs is 2. The van der Waals surface area contributed by atoms with Crippen LogP contribution in [-0.4, -0.2) is 9.52 Å². The van der Waals surface area contributed by atoms with Gasteiger partial charge in [-0.3, -0.25) is 0 Å². The first-order valence-electron chi connectivity index (χ1n) is 16.4. The predicted octanol–water partition coefficient (Wildman–Crippen LogP) is 13.9. The van der Waals surface area contributed by atoms with Gasteiger partial charge in [0.15, 0.2) is 0 Å². The minimum absolute atomic E-state index is 0.826. The van der Waals surface area contributed by atoms with Crippen molar-refractivity contribution in [1.29, 1.82) is 0 Å². The van der Waals surface area contributed by atoms with E-state index >= 15 is 0 Å². The van der Waals surface area contributed by atoms with E-state index in [-0.39, 0.29) is 0 Å². The third-order valence-electron chi connectivity index (χ3n) is 7.96. The SMILES string of the molecule is CCCCc1ccc(-c2cccc3[cH-]c(C)cc23)cc1.CCCCc1ccc(-c2cccc3[cH-]c(C)cc23)cc1.C[Si]C.[Cl][Zr+2][Cl]. The summed E-state index contributed by atoms with van der Waals surface area (Å²) >= 11 is -0.826. The van der Waals surface area contributed by atoms with Gasteiger partial charge in [-0.25, -0.2) is 0 Å². The van der Waals surface area contributed by atoms with Crippen LogP contribution in [0.5, 0.6) is 0 Å². The Morgan fingerprint density at radius 3 is 1.26 bits per heavy atom. The van der Waals surface area contributed by atoms with Crippen LogP contribution < -0.4 is 0 Å². The fourth-order valence-corrected chi connectivity index (χ4v) is 5.74. The Balaban J connectivity index is 0.000000214. The van der Waals surface area contributed by atoms with Crippen molar-refractivity contribution in [2.45, 2.75) is 79.3 Å². The van der Waals surface area contributed by atoms with Crippen LogP contribution >= 0.6 is 17.0 Å². The van der Waals surface area contributed by atoms with Crippen LogP contribution in [0.25, 0.3) is 43.8 Å². The van der Waals surface area contributed by atoms with E-state index in [1.807, 2.05) is 0 Å². The third kappa shape index (κ3) is 11.5. The molecule has 0 aliphatic heterocycles. The molecule has 238 valence electrons. The molecular weight excluding hydrogens is 695 g/mol. The molecule has 6 aromatic carbocycles. The van der Waals surface area contributed by atoms with Gasteiger partial charge < -0.3 is 0 Å². The van der Waals surface area contributed by atoms with Crippen molar-refractivity contribution in [2.24, 2.45) is 0 Å². The van der Waals surface area contributed by atoms with Crippen molar-refractivity contribution < 1.29 is 20.8 Å². The molecule has 0 saturated carbocycles. The quantitative estimate of drug-likeness (QED) is 0.108. The Morgan fingerprint density at radius 2 is 0.935 bits per heavy atom. The maximum atomic E-state index is 4.93. The van der Waals surface area contributed by atoms with Gasteiger partial charge in [-0.2, -0.15) is 12.1 Å². The van der Waals surface area contributed by atoms with Gasteiger partial charge in [-0.15, -0.1) is 69.1 Å². The number of aryl methyl sites for hydroxylation is 4. The van der Waals surface area contributed by atoms with Gasteiger partial charge in [0.25, 0.3) is 0 Å². The summed E-state index contributed by atoms with van der Waals surface area (Å²) in [5, 5.41) is 5.42. The molecule has 0 atom stereocenters. The third-order valence-corrected chi connectivity index (χ3v) is 7.96. The molecule has 0 aliphatic carbocycles. The average molecular weight is 743 g/mol. The monoisotopic (exact) mass is 740 g/mol. The summed E-state index contributed by atoms with van der Waals surface area (Å²) in [6, 6.07) is 40.4. The van der Waals surface area contributed by atoms with Crippen molar-refractivity contribution in [3.63, 3.8) is 0 Å². The molecule has 0 aliphatic rings. The van der Waals surface area contributed by atoms with Gasteiger partial charge in [-0.05, 0) is 47.9 Å². The number of unbranched alkanes of at least 4 members (excludes halogenated alkanes) is 2. The van der Waals surface area contributed by atoms with Crippen molar-refractivity contribution in [3.05, 3.63) is 131 Å². The van der Waals surface area contributed by atoms with Crippen LogP contribution in [0.2, 0.25) is 13.1 Å². The Bertz CT molecular complexity index is 1580. The van der Waals surface area contributed by atoms with Gasteiger partial charge >= 0.3 is 37.9 Å². The van der Waals surface area contributed by atoms with E-state index in [2.05, 4.69) is 150 Å². The number of halogens is 2. The van der Waals surface area contributed by atoms with Crippen LogP contribution in [-0.2, 0) is 33.7 Å². The van der Waals surface area contributed by atoms with Crippen molar-refractivity contribution in [2.75, 3.05) is 0 Å². The maximum absolute atomic E-state index is 4.93. The molecule has 4 heteroatoms. The van der Waals surface area contributed by atoms with E-state index in [1.165, 1.54) is 105 Å². The van der Waals surface area contributed by atoms with Crippen LogP contribution in [0.1, 0.15) is 61.8 Å². The number of rotatable bonds is 8. The van der Waals surface area contributed by atoms with Gasteiger partial charge in [0.05, 0.1) is 0 Å². The Labute approximate surface area is 299 Å². The molecule has 0 spiro atoms. The molecule has 0 amide bonds. The average Bonchev–Trinajstić information content (AvgIpc) is 3.65. The zero-order chi connectivity index (χ0) is 33.3. The molecule has 0 aromatic heterocycles. The van der Waals surface area contributed by atoms with Crippen LogP contribution in [0, 0.1) is 13.8 Å². The number of hydrogen-bond donors (Lipinski definition) is 0. The standard InChI is InChI=1S/2C20H21.C2H6Si.2ClH.Zr/c2*1-3-4-6-16-9-11-17(12-10-16)19-8-5-7-18-13-15(2)14-20(18)19;1-3-2;;;/h2*5,7-14H,3-4,6H2,1-2H3;1-2H3;2*1H;/q2*-1;;;;+4/p-2. The van der Waals surface area contributed by atoms with Crippen LogP contribution in [0.4, 0.5) is 0 Å². The first kappa shape index (κ1) is 38.2. The normalized spacial score (nSPS) is 10.3. The second-order valence-electron chi connectivity index (χ2n) is 11.9. The summed E-state index contributed by atoms with van der Waals surface area (Å²) in [6.07, 6.45) is 7.45. The van der Waals surface area contributed by atoms with Gasteiger partial charge in [0.1, 0.15) is 0 Å². The minimum atomic E-state index is -0.826. The molecule has 0 unspecified atom stereocenters. The van der Waals surface area contributed by atoms with Crippen molar-refractivity contribution in [3.8, 4) is 22.3 Å². The van der Waals surface area contributed by atoms with E-state index in [4.69, 9.17) is 17.0 Å². The van der Waals surface area contributed by atoms with Crippen LogP contribution in [0.3, 0.4) is 0 Å². The molecule has 0 bridgehead atoms. The Morgan fingerprint density at radius 1 is 0.587 bits per heavy atom. The number of hydrogen-bond acceptors (Lipinski definition) is 0. The first-order valence-corrected chi connectivity index (χ1v) is 24.8. The summed E-state index contributed by atoms with van der Waals surface area (Å²) in [4.78, 5) is 0. The van der Waals surface area contributed by atoms with E-state index in [1.54, 1.807) is 0 Å². The zero-order valence-electron chi connectivity index (χ0n) is 28.4. The van der Waals surface area contributed by atoms with Gasteiger partial charge in [0, 0.05) is 9.52 Å². The number of benzene rings is 4. The van der Waals surface area contributed by atoms with Gasteiger partial charge in [-0.1, -0.05) is 125 Å². The van der Waals surface area contributed by atoms with Gasteiger partial charge in [0.2, 0.25) is 0 Å². The van der Waals surface area contributed by atoms with Crippen LogP contribution in [0.15, 0.2) is 109 Å². The fraction of sp³-hybridized carbons (Fsp3) is 0.286. The van der Waals surface area contributed by atoms with E-state index in [9.17, 15) is 0 Å². The topological polar surface area (TPSA) is 0 Å². The van der Waals surface area contributed by atoms with Crippen molar-refractivity contribution in [1.82, 2.24) is 0 Å². The summed E-state index contributed by atoms with van der Waals surface area (Å²) in [5.74, 6) is 0. The predicted molar refractivity (Wildman–Crippen MR) is 206 cm³/mol. The molecule has 6 aromatic rings. The fourth-order valence-electron chi connectivity index (χ4n) is 5.74. The second kappa shape index (κ2) is 20.9. The molecule has 0 nitrogen and oxygen atoms in total.